The fourth-order valence-corrected chi connectivity index (χ4v) is 3.10. The number of nitrogens with two attached hydrogens (primary N) is 1. The van der Waals surface area contributed by atoms with Crippen molar-refractivity contribution < 1.29 is 19.1 Å². The van der Waals surface area contributed by atoms with E-state index in [4.69, 9.17) is 5.73 Å². The molecule has 0 unspecified atom stereocenters. The van der Waals surface area contributed by atoms with Crippen LogP contribution in [0.25, 0.3) is 16.3 Å². The van der Waals surface area contributed by atoms with Crippen molar-refractivity contribution in [3.63, 3.8) is 0 Å². The number of carbonyl (C=O) groups is 2. The molecule has 140 valence electrons. The van der Waals surface area contributed by atoms with Crippen molar-refractivity contribution in [1.82, 2.24) is 0 Å². The van der Waals surface area contributed by atoms with Gasteiger partial charge in [-0.2, -0.15) is 0 Å². The minimum Gasteiger partial charge on any atom is -0.507 e. The number of allylic oxidation sites excluding steroid dienone is 3. The van der Waals surface area contributed by atoms with Crippen LogP contribution in [0.5, 0.6) is 5.75 Å². The third kappa shape index (κ3) is 3.69. The Morgan fingerprint density at radius 1 is 1.04 bits per heavy atom. The summed E-state index contributed by atoms with van der Waals surface area (Å²) in [6, 6.07) is 13.1. The highest BCUT2D eigenvalue weighted by Gasteiger charge is 2.10. The molecule has 0 aromatic heterocycles. The predicted molar refractivity (Wildman–Crippen MR) is 108 cm³/mol. The van der Waals surface area contributed by atoms with Gasteiger partial charge < -0.3 is 10.8 Å². The minimum absolute atomic E-state index is 0.0433. The lowest BCUT2D eigenvalue weighted by atomic mass is 9.97. The van der Waals surface area contributed by atoms with Crippen LogP contribution in [0.2, 0.25) is 0 Å². The Morgan fingerprint density at radius 3 is 2.43 bits per heavy atom. The van der Waals surface area contributed by atoms with E-state index in [1.807, 2.05) is 12.1 Å². The fourth-order valence-electron chi connectivity index (χ4n) is 3.10. The first-order valence-corrected chi connectivity index (χ1v) is 8.61. The molecule has 5 heteroatoms. The molecule has 3 aromatic carbocycles. The first kappa shape index (κ1) is 19.0. The zero-order valence-corrected chi connectivity index (χ0v) is 14.9. The van der Waals surface area contributed by atoms with E-state index in [1.165, 1.54) is 18.3 Å². The van der Waals surface area contributed by atoms with Gasteiger partial charge in [-0.3, -0.25) is 9.59 Å². The molecule has 0 bridgehead atoms. The zero-order valence-electron chi connectivity index (χ0n) is 14.9. The number of phenols is 1. The van der Waals surface area contributed by atoms with Crippen LogP contribution < -0.4 is 5.73 Å². The van der Waals surface area contributed by atoms with Gasteiger partial charge in [-0.25, -0.2) is 4.39 Å². The normalized spacial score (nSPS) is 11.8. The van der Waals surface area contributed by atoms with Gasteiger partial charge in [-0.1, -0.05) is 48.6 Å². The van der Waals surface area contributed by atoms with E-state index in [0.29, 0.717) is 30.0 Å². The summed E-state index contributed by atoms with van der Waals surface area (Å²) >= 11 is 0. The van der Waals surface area contributed by atoms with Gasteiger partial charge in [-0.05, 0) is 35.1 Å². The maximum Gasteiger partial charge on any atom is 0.153 e. The molecule has 28 heavy (non-hydrogen) atoms. The highest BCUT2D eigenvalue weighted by Crippen LogP contribution is 2.31. The van der Waals surface area contributed by atoms with E-state index in [9.17, 15) is 19.1 Å². The van der Waals surface area contributed by atoms with Crippen LogP contribution in [0.1, 0.15) is 31.8 Å². The largest absolute Gasteiger partial charge is 0.507 e. The number of rotatable bonds is 6. The maximum atomic E-state index is 14.2. The van der Waals surface area contributed by atoms with Gasteiger partial charge in [0.05, 0.1) is 5.56 Å². The van der Waals surface area contributed by atoms with Crippen LogP contribution in [-0.2, 0) is 6.42 Å². The molecule has 0 radical (unpaired) electrons. The van der Waals surface area contributed by atoms with Gasteiger partial charge in [0.1, 0.15) is 17.9 Å². The number of hydrogen-bond acceptors (Lipinski definition) is 4. The quantitative estimate of drug-likeness (QED) is 0.494. The van der Waals surface area contributed by atoms with Crippen molar-refractivity contribution >= 4 is 28.9 Å². The summed E-state index contributed by atoms with van der Waals surface area (Å²) in [4.78, 5) is 22.0. The second-order valence-electron chi connectivity index (χ2n) is 6.22. The summed E-state index contributed by atoms with van der Waals surface area (Å²) < 4.78 is 14.2. The molecule has 0 amide bonds. The molecule has 0 fully saturated rings. The molecule has 0 saturated carbocycles. The monoisotopic (exact) mass is 375 g/mol. The molecule has 0 aliphatic carbocycles. The Morgan fingerprint density at radius 2 is 1.79 bits per heavy atom. The van der Waals surface area contributed by atoms with E-state index < -0.39 is 5.82 Å². The van der Waals surface area contributed by atoms with Gasteiger partial charge in [-0.15, -0.1) is 0 Å². The second-order valence-corrected chi connectivity index (χ2v) is 6.22. The summed E-state index contributed by atoms with van der Waals surface area (Å²) in [6.45, 7) is 0. The molecule has 0 aliphatic rings. The van der Waals surface area contributed by atoms with E-state index >= 15 is 0 Å². The van der Waals surface area contributed by atoms with E-state index in [0.717, 1.165) is 17.0 Å². The summed E-state index contributed by atoms with van der Waals surface area (Å²) in [5.41, 5.74) is 7.71. The predicted octanol–water partition coefficient (Wildman–Crippen LogP) is 4.41. The molecule has 0 heterocycles. The molecule has 0 atom stereocenters. The van der Waals surface area contributed by atoms with Gasteiger partial charge in [0, 0.05) is 22.7 Å². The van der Waals surface area contributed by atoms with Crippen molar-refractivity contribution in [3.8, 4) is 5.75 Å². The number of benzene rings is 3. The van der Waals surface area contributed by atoms with Crippen LogP contribution >= 0.6 is 0 Å². The Bertz CT molecular complexity index is 1120. The molecule has 3 aromatic rings. The van der Waals surface area contributed by atoms with Crippen molar-refractivity contribution in [3.05, 3.63) is 95.0 Å². The second kappa shape index (κ2) is 8.31. The summed E-state index contributed by atoms with van der Waals surface area (Å²) in [5.74, 6) is -0.581. The van der Waals surface area contributed by atoms with Gasteiger partial charge in [0.25, 0.3) is 0 Å². The standard InChI is InChI=1S/C23H18FNO3/c24-22-10-15(13-26)8-9-20(22)17(12-25)5-3-4-16-11-18(14-27)23(28)21-7-2-1-6-19(16)21/h1-3,5-14,28H,4,25H2/b5-3-,17-12+. The van der Waals surface area contributed by atoms with Crippen LogP contribution in [0, 0.1) is 5.82 Å². The summed E-state index contributed by atoms with van der Waals surface area (Å²) in [5, 5.41) is 11.6. The third-order valence-electron chi connectivity index (χ3n) is 4.51. The first-order valence-electron chi connectivity index (χ1n) is 8.61. The Hall–Kier alpha value is -3.73. The Balaban J connectivity index is 1.93. The number of fused-ring (bicyclic) bond motifs is 1. The van der Waals surface area contributed by atoms with Crippen LogP contribution in [0.15, 0.2) is 66.9 Å². The first-order chi connectivity index (χ1) is 13.6. The lowest BCUT2D eigenvalue weighted by molar-refractivity contribution is 0.111. The highest BCUT2D eigenvalue weighted by atomic mass is 19.1. The molecule has 0 saturated heterocycles. The average Bonchev–Trinajstić information content (AvgIpc) is 2.73. The molecule has 0 aliphatic heterocycles. The summed E-state index contributed by atoms with van der Waals surface area (Å²) in [6.07, 6.45) is 6.42. The minimum atomic E-state index is -0.538. The van der Waals surface area contributed by atoms with Crippen LogP contribution in [0.3, 0.4) is 0 Å². The van der Waals surface area contributed by atoms with Crippen LogP contribution in [0.4, 0.5) is 4.39 Å². The SMILES string of the molecule is N/C=C(\C=C/Cc1cc(C=O)c(O)c2ccccc12)c1ccc(C=O)cc1F. The lowest BCUT2D eigenvalue weighted by Gasteiger charge is -2.09. The van der Waals surface area contributed by atoms with Crippen LogP contribution in [-0.4, -0.2) is 17.7 Å². The number of aldehydes is 2. The number of aromatic hydroxyl groups is 1. The van der Waals surface area contributed by atoms with Crippen molar-refractivity contribution in [2.75, 3.05) is 0 Å². The average molecular weight is 375 g/mol. The molecular formula is C23H18FNO3. The highest BCUT2D eigenvalue weighted by molar-refractivity contribution is 5.98. The maximum absolute atomic E-state index is 14.2. The molecule has 3 rings (SSSR count). The van der Waals surface area contributed by atoms with E-state index in [-0.39, 0.29) is 22.4 Å². The molecule has 4 nitrogen and oxygen atoms in total. The molecule has 0 spiro atoms. The van der Waals surface area contributed by atoms with Gasteiger partial charge in [0.15, 0.2) is 6.29 Å². The topological polar surface area (TPSA) is 80.4 Å². The third-order valence-corrected chi connectivity index (χ3v) is 4.51. The number of carbonyl (C=O) groups excluding carboxylic acids is 2. The van der Waals surface area contributed by atoms with Crippen molar-refractivity contribution in [2.24, 2.45) is 5.73 Å². The molecular weight excluding hydrogens is 357 g/mol. The van der Waals surface area contributed by atoms with E-state index in [1.54, 1.807) is 30.4 Å². The Labute approximate surface area is 161 Å². The molecule has 3 N–H and O–H groups in total. The fraction of sp³-hybridized carbons (Fsp3) is 0.0435. The Kier molecular flexibility index (Phi) is 5.65. The zero-order chi connectivity index (χ0) is 20.1. The van der Waals surface area contributed by atoms with Crippen molar-refractivity contribution in [2.45, 2.75) is 6.42 Å². The lowest BCUT2D eigenvalue weighted by Crippen LogP contribution is -1.94. The van der Waals surface area contributed by atoms with E-state index in [2.05, 4.69) is 0 Å². The van der Waals surface area contributed by atoms with Crippen molar-refractivity contribution in [1.29, 1.82) is 0 Å². The number of hydrogen-bond donors (Lipinski definition) is 2. The van der Waals surface area contributed by atoms with Gasteiger partial charge >= 0.3 is 0 Å². The van der Waals surface area contributed by atoms with Gasteiger partial charge in [0.2, 0.25) is 0 Å². The number of phenolic OH excluding ortho intramolecular Hbond substituents is 1. The number of halogens is 1. The smallest absolute Gasteiger partial charge is 0.153 e. The summed E-state index contributed by atoms with van der Waals surface area (Å²) in [7, 11) is 0.